The summed E-state index contributed by atoms with van der Waals surface area (Å²) >= 11 is 6.17. The summed E-state index contributed by atoms with van der Waals surface area (Å²) in [4.78, 5) is 16.2. The molecule has 1 saturated heterocycles. The van der Waals surface area contributed by atoms with Crippen molar-refractivity contribution in [2.45, 2.75) is 56.4 Å². The van der Waals surface area contributed by atoms with Gasteiger partial charge in [-0.1, -0.05) is 11.6 Å². The van der Waals surface area contributed by atoms with Crippen LogP contribution in [0.3, 0.4) is 0 Å². The summed E-state index contributed by atoms with van der Waals surface area (Å²) in [6, 6.07) is 0. The minimum Gasteiger partial charge on any atom is -0.381 e. The fourth-order valence-corrected chi connectivity index (χ4v) is 4.81. The van der Waals surface area contributed by atoms with Gasteiger partial charge in [0.1, 0.15) is 11.4 Å². The van der Waals surface area contributed by atoms with Crippen molar-refractivity contribution in [1.82, 2.24) is 15.6 Å². The predicted octanol–water partition coefficient (Wildman–Crippen LogP) is 3.42. The van der Waals surface area contributed by atoms with Gasteiger partial charge in [0.25, 0.3) is 0 Å². The first-order valence-corrected chi connectivity index (χ1v) is 10.3. The Morgan fingerprint density at radius 2 is 2.00 bits per heavy atom. The number of likely N-dealkylation sites (N-methyl/N-ethyl adjacent to an activating group) is 1. The topological polar surface area (TPSA) is 63.2 Å². The van der Waals surface area contributed by atoms with Gasteiger partial charge in [-0.25, -0.2) is 4.39 Å². The zero-order chi connectivity index (χ0) is 19.3. The van der Waals surface area contributed by atoms with E-state index in [2.05, 4.69) is 15.6 Å². The molecule has 1 amide bonds. The number of hydrogen-bond donors (Lipinski definition) is 2. The molecule has 5 nitrogen and oxygen atoms in total. The number of carbonyl (C=O) groups excluding carboxylic acids is 1. The normalized spacial score (nSPS) is 25.1. The maximum atomic E-state index is 14.1. The summed E-state index contributed by atoms with van der Waals surface area (Å²) in [5.74, 6) is 0.536. The molecule has 1 saturated carbocycles. The Labute approximate surface area is 165 Å². The van der Waals surface area contributed by atoms with Crippen LogP contribution in [-0.4, -0.2) is 43.2 Å². The van der Waals surface area contributed by atoms with Crippen LogP contribution in [0.4, 0.5) is 4.39 Å². The molecule has 1 aromatic rings. The average Bonchev–Trinajstić information content (AvgIpc) is 2.69. The van der Waals surface area contributed by atoms with Crippen LogP contribution in [0.5, 0.6) is 0 Å². The van der Waals surface area contributed by atoms with E-state index in [1.54, 1.807) is 7.05 Å². The quantitative estimate of drug-likeness (QED) is 0.772. The first kappa shape index (κ1) is 20.5. The highest BCUT2D eigenvalue weighted by Gasteiger charge is 2.39. The van der Waals surface area contributed by atoms with Crippen molar-refractivity contribution in [3.63, 3.8) is 0 Å². The molecule has 1 aliphatic heterocycles. The molecule has 0 radical (unpaired) electrons. The Morgan fingerprint density at radius 1 is 1.30 bits per heavy atom. The van der Waals surface area contributed by atoms with Crippen molar-refractivity contribution in [1.29, 1.82) is 0 Å². The Morgan fingerprint density at radius 3 is 2.63 bits per heavy atom. The van der Waals surface area contributed by atoms with Crippen molar-refractivity contribution in [3.05, 3.63) is 28.8 Å². The first-order chi connectivity index (χ1) is 13.1. The second-order valence-corrected chi connectivity index (χ2v) is 8.13. The van der Waals surface area contributed by atoms with Crippen molar-refractivity contribution in [2.75, 3.05) is 26.8 Å². The van der Waals surface area contributed by atoms with Crippen LogP contribution in [0, 0.1) is 11.7 Å². The predicted molar refractivity (Wildman–Crippen MR) is 103 cm³/mol. The molecule has 27 heavy (non-hydrogen) atoms. The molecule has 0 bridgehead atoms. The summed E-state index contributed by atoms with van der Waals surface area (Å²) in [7, 11) is 1.69. The van der Waals surface area contributed by atoms with Gasteiger partial charge in [-0.2, -0.15) is 0 Å². The lowest BCUT2D eigenvalue weighted by Crippen LogP contribution is -2.59. The number of ether oxygens (including phenoxy) is 1. The molecule has 0 atom stereocenters. The van der Waals surface area contributed by atoms with E-state index in [4.69, 9.17) is 16.3 Å². The van der Waals surface area contributed by atoms with E-state index in [-0.39, 0.29) is 17.6 Å². The third-order valence-electron chi connectivity index (χ3n) is 6.17. The maximum absolute atomic E-state index is 14.1. The van der Waals surface area contributed by atoms with Crippen LogP contribution in [-0.2, 0) is 9.53 Å². The molecule has 0 aromatic carbocycles. The van der Waals surface area contributed by atoms with Gasteiger partial charge in [0.05, 0.1) is 11.2 Å². The molecule has 2 heterocycles. The summed E-state index contributed by atoms with van der Waals surface area (Å²) in [5.41, 5.74) is 0.127. The van der Waals surface area contributed by atoms with Gasteiger partial charge < -0.3 is 15.4 Å². The van der Waals surface area contributed by atoms with Crippen molar-refractivity contribution in [3.8, 4) is 0 Å². The van der Waals surface area contributed by atoms with Gasteiger partial charge >= 0.3 is 0 Å². The summed E-state index contributed by atoms with van der Waals surface area (Å²) in [5, 5.41) is 6.74. The lowest BCUT2D eigenvalue weighted by molar-refractivity contribution is -0.131. The van der Waals surface area contributed by atoms with E-state index in [0.29, 0.717) is 42.6 Å². The Bertz CT molecular complexity index is 624. The van der Waals surface area contributed by atoms with E-state index >= 15 is 0 Å². The Hall–Kier alpha value is -1.24. The molecule has 0 unspecified atom stereocenters. The Kier molecular flexibility index (Phi) is 7.06. The van der Waals surface area contributed by atoms with Gasteiger partial charge in [0.2, 0.25) is 5.91 Å². The number of halogens is 2. The van der Waals surface area contributed by atoms with Gasteiger partial charge in [-0.15, -0.1) is 0 Å². The van der Waals surface area contributed by atoms with Crippen LogP contribution < -0.4 is 10.6 Å². The molecule has 2 N–H and O–H groups in total. The highest BCUT2D eigenvalue weighted by Crippen LogP contribution is 2.40. The molecular formula is C20H29ClFN3O2. The number of rotatable bonds is 6. The smallest absolute Gasteiger partial charge is 0.240 e. The van der Waals surface area contributed by atoms with E-state index in [1.165, 1.54) is 12.4 Å². The molecular weight excluding hydrogens is 369 g/mol. The van der Waals surface area contributed by atoms with E-state index in [9.17, 15) is 9.18 Å². The largest absolute Gasteiger partial charge is 0.381 e. The highest BCUT2D eigenvalue weighted by molar-refractivity contribution is 6.31. The van der Waals surface area contributed by atoms with Crippen molar-refractivity contribution < 1.29 is 13.9 Å². The van der Waals surface area contributed by atoms with Gasteiger partial charge in [-0.3, -0.25) is 9.78 Å². The average molecular weight is 398 g/mol. The Balaban J connectivity index is 1.49. The van der Waals surface area contributed by atoms with Gasteiger partial charge in [-0.05, 0) is 63.3 Å². The summed E-state index contributed by atoms with van der Waals surface area (Å²) < 4.78 is 19.5. The van der Waals surface area contributed by atoms with Gasteiger partial charge in [0, 0.05) is 32.0 Å². The van der Waals surface area contributed by atoms with Crippen molar-refractivity contribution in [2.24, 2.45) is 5.92 Å². The third kappa shape index (κ3) is 4.79. The second kappa shape index (κ2) is 9.30. The molecule has 150 valence electrons. The molecule has 2 fully saturated rings. The standard InChI is InChI=1S/C20H29ClFN3O2/c1-23-19(26)20(7-10-27-11-8-20)25-9-6-14-2-4-15(5-3-14)18-16(21)12-24-13-17(18)22/h12-15,25H,2-11H2,1H3,(H,23,26)/t14-,15-. The molecule has 1 aromatic heterocycles. The minimum atomic E-state index is -0.502. The number of pyridine rings is 1. The first-order valence-electron chi connectivity index (χ1n) is 9.89. The van der Waals surface area contributed by atoms with Crippen LogP contribution in [0.1, 0.15) is 56.4 Å². The number of carbonyl (C=O) groups is 1. The van der Waals surface area contributed by atoms with Crippen LogP contribution in [0.15, 0.2) is 12.4 Å². The van der Waals surface area contributed by atoms with Crippen LogP contribution in [0.2, 0.25) is 5.02 Å². The lowest BCUT2D eigenvalue weighted by atomic mass is 9.77. The summed E-state index contributed by atoms with van der Waals surface area (Å²) in [6.07, 6.45) is 9.23. The molecule has 1 aliphatic carbocycles. The molecule has 3 rings (SSSR count). The van der Waals surface area contributed by atoms with E-state index in [0.717, 1.165) is 38.6 Å². The van der Waals surface area contributed by atoms with Crippen LogP contribution >= 0.6 is 11.6 Å². The fraction of sp³-hybridized carbons (Fsp3) is 0.700. The molecule has 2 aliphatic rings. The lowest BCUT2D eigenvalue weighted by Gasteiger charge is -2.37. The highest BCUT2D eigenvalue weighted by atomic mass is 35.5. The molecule has 0 spiro atoms. The summed E-state index contributed by atoms with van der Waals surface area (Å²) in [6.45, 7) is 2.04. The van der Waals surface area contributed by atoms with Gasteiger partial charge in [0.15, 0.2) is 0 Å². The second-order valence-electron chi connectivity index (χ2n) is 7.72. The van der Waals surface area contributed by atoms with E-state index < -0.39 is 5.54 Å². The number of amides is 1. The molecule has 7 heteroatoms. The van der Waals surface area contributed by atoms with Crippen LogP contribution in [0.25, 0.3) is 0 Å². The number of aromatic nitrogens is 1. The fourth-order valence-electron chi connectivity index (χ4n) is 4.51. The maximum Gasteiger partial charge on any atom is 0.240 e. The number of nitrogens with zero attached hydrogens (tertiary/aromatic N) is 1. The zero-order valence-electron chi connectivity index (χ0n) is 15.9. The SMILES string of the molecule is CNC(=O)C1(NCC[C@H]2CC[C@H](c3c(F)cncc3Cl)CC2)CCOCC1. The van der Waals surface area contributed by atoms with Crippen molar-refractivity contribution >= 4 is 17.5 Å². The number of nitrogens with one attached hydrogen (secondary N) is 2. The minimum absolute atomic E-state index is 0.0531. The number of hydrogen-bond acceptors (Lipinski definition) is 4. The van der Waals surface area contributed by atoms with E-state index in [1.807, 2.05) is 0 Å². The monoisotopic (exact) mass is 397 g/mol. The zero-order valence-corrected chi connectivity index (χ0v) is 16.7. The third-order valence-corrected chi connectivity index (χ3v) is 6.47.